The van der Waals surface area contributed by atoms with Gasteiger partial charge in [0.15, 0.2) is 0 Å². The van der Waals surface area contributed by atoms with Crippen LogP contribution in [0, 0.1) is 0 Å². The van der Waals surface area contributed by atoms with Gasteiger partial charge in [-0.3, -0.25) is 9.89 Å². The lowest BCUT2D eigenvalue weighted by Gasteiger charge is -2.02. The molecule has 0 aliphatic heterocycles. The summed E-state index contributed by atoms with van der Waals surface area (Å²) in [6, 6.07) is 1.52. The first-order valence-corrected chi connectivity index (χ1v) is 5.98. The molecule has 1 heterocycles. The van der Waals surface area contributed by atoms with Crippen LogP contribution in [0.3, 0.4) is 0 Å². The number of hydrogen-bond donors (Lipinski definition) is 3. The summed E-state index contributed by atoms with van der Waals surface area (Å²) in [7, 11) is -3.45. The Morgan fingerprint density at radius 2 is 2.33 bits per heavy atom. The van der Waals surface area contributed by atoms with Crippen molar-refractivity contribution in [2.45, 2.75) is 6.42 Å². The summed E-state index contributed by atoms with van der Waals surface area (Å²) in [5, 5.41) is 13.4. The van der Waals surface area contributed by atoms with Crippen molar-refractivity contribution in [3.05, 3.63) is 18.0 Å². The Balaban J connectivity index is 2.24. The predicted molar refractivity (Wildman–Crippen MR) is 53.5 cm³/mol. The first kappa shape index (κ1) is 11.7. The van der Waals surface area contributed by atoms with Crippen molar-refractivity contribution in [3.8, 4) is 0 Å². The van der Waals surface area contributed by atoms with Gasteiger partial charge in [-0.1, -0.05) is 0 Å². The van der Waals surface area contributed by atoms with Gasteiger partial charge in [0.05, 0.1) is 5.75 Å². The number of carbonyl (C=O) groups excluding carboxylic acids is 1. The van der Waals surface area contributed by atoms with E-state index in [0.29, 0.717) is 12.1 Å². The predicted octanol–water partition coefficient (Wildman–Crippen LogP) is -1.18. The number of aromatic nitrogens is 2. The Labute approximate surface area is 87.1 Å². The largest absolute Gasteiger partial charge is 0.351 e. The van der Waals surface area contributed by atoms with Crippen LogP contribution in [0.5, 0.6) is 0 Å². The van der Waals surface area contributed by atoms with Crippen LogP contribution in [0.4, 0.5) is 0 Å². The lowest BCUT2D eigenvalue weighted by atomic mass is 10.4. The first-order chi connectivity index (χ1) is 6.99. The maximum atomic E-state index is 11.3. The minimum Gasteiger partial charge on any atom is -0.351 e. The zero-order chi connectivity index (χ0) is 11.3. The molecule has 0 spiro atoms. The van der Waals surface area contributed by atoms with Gasteiger partial charge in [-0.2, -0.15) is 5.10 Å². The molecule has 0 radical (unpaired) electrons. The van der Waals surface area contributed by atoms with Crippen molar-refractivity contribution in [1.29, 1.82) is 0 Å². The van der Waals surface area contributed by atoms with E-state index < -0.39 is 10.0 Å². The lowest BCUT2D eigenvalue weighted by Crippen LogP contribution is -2.27. The maximum absolute atomic E-state index is 11.3. The molecule has 7 nitrogen and oxygen atoms in total. The van der Waals surface area contributed by atoms with Crippen LogP contribution in [-0.4, -0.2) is 36.8 Å². The fourth-order valence-electron chi connectivity index (χ4n) is 0.953. The summed E-state index contributed by atoms with van der Waals surface area (Å²) in [6.45, 7) is 0.258. The molecule has 84 valence electrons. The van der Waals surface area contributed by atoms with E-state index >= 15 is 0 Å². The molecule has 0 aromatic carbocycles. The third-order valence-electron chi connectivity index (χ3n) is 1.64. The van der Waals surface area contributed by atoms with Crippen LogP contribution in [0.2, 0.25) is 0 Å². The molecule has 0 saturated heterocycles. The Kier molecular flexibility index (Phi) is 3.81. The van der Waals surface area contributed by atoms with Gasteiger partial charge < -0.3 is 5.32 Å². The number of rotatable bonds is 5. The van der Waals surface area contributed by atoms with Gasteiger partial charge in [0.2, 0.25) is 10.0 Å². The first-order valence-electron chi connectivity index (χ1n) is 4.27. The zero-order valence-corrected chi connectivity index (χ0v) is 8.75. The molecule has 0 unspecified atom stereocenters. The summed E-state index contributed by atoms with van der Waals surface area (Å²) in [5.74, 6) is -0.460. The standard InChI is InChI=1S/C7H12N4O3S/c8-15(13,14)5-1-3-9-7(12)6-2-4-10-11-6/h2,4H,1,3,5H2,(H,9,12)(H,10,11)(H2,8,13,14). The van der Waals surface area contributed by atoms with Crippen molar-refractivity contribution in [2.24, 2.45) is 5.14 Å². The van der Waals surface area contributed by atoms with Crippen molar-refractivity contribution >= 4 is 15.9 Å². The van der Waals surface area contributed by atoms with Crippen LogP contribution in [0.15, 0.2) is 12.3 Å². The fraction of sp³-hybridized carbons (Fsp3) is 0.429. The smallest absolute Gasteiger partial charge is 0.269 e. The van der Waals surface area contributed by atoms with Crippen molar-refractivity contribution in [2.75, 3.05) is 12.3 Å². The van der Waals surface area contributed by atoms with Crippen LogP contribution in [0.1, 0.15) is 16.9 Å². The normalized spacial score (nSPS) is 11.3. The molecule has 15 heavy (non-hydrogen) atoms. The van der Waals surface area contributed by atoms with Gasteiger partial charge in [0.25, 0.3) is 5.91 Å². The molecular formula is C7H12N4O3S. The molecule has 0 atom stereocenters. The molecule has 0 aliphatic carbocycles. The Morgan fingerprint density at radius 1 is 1.60 bits per heavy atom. The molecule has 1 rings (SSSR count). The van der Waals surface area contributed by atoms with Crippen LogP contribution >= 0.6 is 0 Å². The third-order valence-corrected chi connectivity index (χ3v) is 2.49. The van der Waals surface area contributed by atoms with Crippen molar-refractivity contribution in [3.63, 3.8) is 0 Å². The molecule has 1 aromatic heterocycles. The number of amides is 1. The molecule has 0 saturated carbocycles. The second kappa shape index (κ2) is 4.89. The number of aromatic amines is 1. The highest BCUT2D eigenvalue weighted by Gasteiger charge is 2.06. The number of carbonyl (C=O) groups is 1. The summed E-state index contributed by atoms with van der Waals surface area (Å²) < 4.78 is 21.1. The van der Waals surface area contributed by atoms with Gasteiger partial charge >= 0.3 is 0 Å². The SMILES string of the molecule is NS(=O)(=O)CCCNC(=O)c1ccn[nH]1. The number of H-pyrrole nitrogens is 1. The van der Waals surface area contributed by atoms with E-state index in [-0.39, 0.29) is 18.2 Å². The molecular weight excluding hydrogens is 220 g/mol. The van der Waals surface area contributed by atoms with Gasteiger partial charge in [-0.05, 0) is 12.5 Å². The number of sulfonamides is 1. The maximum Gasteiger partial charge on any atom is 0.269 e. The van der Waals surface area contributed by atoms with E-state index in [1.54, 1.807) is 0 Å². The van der Waals surface area contributed by atoms with Gasteiger partial charge in [-0.25, -0.2) is 13.6 Å². The average molecular weight is 232 g/mol. The monoisotopic (exact) mass is 232 g/mol. The second-order valence-electron chi connectivity index (χ2n) is 2.95. The Hall–Kier alpha value is -1.41. The molecule has 1 amide bonds. The van der Waals surface area contributed by atoms with E-state index in [1.807, 2.05) is 0 Å². The van der Waals surface area contributed by atoms with Gasteiger partial charge in [0.1, 0.15) is 5.69 Å². The molecule has 1 aromatic rings. The van der Waals surface area contributed by atoms with Crippen molar-refractivity contribution in [1.82, 2.24) is 15.5 Å². The van der Waals surface area contributed by atoms with Crippen LogP contribution in [0.25, 0.3) is 0 Å². The van der Waals surface area contributed by atoms with E-state index in [1.165, 1.54) is 12.3 Å². The average Bonchev–Trinajstić information content (AvgIpc) is 2.63. The Bertz CT molecular complexity index is 411. The summed E-state index contributed by atoms with van der Waals surface area (Å²) in [5.41, 5.74) is 0.339. The number of nitrogens with two attached hydrogens (primary N) is 1. The highest BCUT2D eigenvalue weighted by Crippen LogP contribution is 1.91. The third kappa shape index (κ3) is 4.56. The van der Waals surface area contributed by atoms with Gasteiger partial charge in [-0.15, -0.1) is 0 Å². The quantitative estimate of drug-likeness (QED) is 0.553. The molecule has 0 bridgehead atoms. The molecule has 0 fully saturated rings. The highest BCUT2D eigenvalue weighted by molar-refractivity contribution is 7.89. The minimum atomic E-state index is -3.45. The second-order valence-corrected chi connectivity index (χ2v) is 4.68. The summed E-state index contributed by atoms with van der Waals surface area (Å²) in [6.07, 6.45) is 1.75. The minimum absolute atomic E-state index is 0.143. The summed E-state index contributed by atoms with van der Waals surface area (Å²) >= 11 is 0. The topological polar surface area (TPSA) is 118 Å². The number of primary sulfonamides is 1. The summed E-state index contributed by atoms with van der Waals surface area (Å²) in [4.78, 5) is 11.3. The van der Waals surface area contributed by atoms with Gasteiger partial charge in [0, 0.05) is 12.7 Å². The fourth-order valence-corrected chi connectivity index (χ4v) is 1.50. The van der Waals surface area contributed by atoms with Crippen molar-refractivity contribution < 1.29 is 13.2 Å². The number of nitrogens with one attached hydrogen (secondary N) is 2. The van der Waals surface area contributed by atoms with E-state index in [4.69, 9.17) is 5.14 Å². The number of hydrogen-bond acceptors (Lipinski definition) is 4. The molecule has 0 aliphatic rings. The highest BCUT2D eigenvalue weighted by atomic mass is 32.2. The number of nitrogens with zero attached hydrogens (tertiary/aromatic N) is 1. The van der Waals surface area contributed by atoms with E-state index in [0.717, 1.165) is 0 Å². The van der Waals surface area contributed by atoms with Crippen LogP contribution < -0.4 is 10.5 Å². The molecule has 4 N–H and O–H groups in total. The van der Waals surface area contributed by atoms with E-state index in [2.05, 4.69) is 15.5 Å². The lowest BCUT2D eigenvalue weighted by molar-refractivity contribution is 0.0948. The Morgan fingerprint density at radius 3 is 2.87 bits per heavy atom. The molecule has 8 heteroatoms. The van der Waals surface area contributed by atoms with Crippen LogP contribution in [-0.2, 0) is 10.0 Å². The van der Waals surface area contributed by atoms with E-state index in [9.17, 15) is 13.2 Å². The zero-order valence-electron chi connectivity index (χ0n) is 7.93.